The molecule has 1 aromatic rings. The van der Waals surface area contributed by atoms with Crippen molar-refractivity contribution < 1.29 is 32.7 Å². The van der Waals surface area contributed by atoms with Gasteiger partial charge in [-0.3, -0.25) is 19.4 Å². The first-order valence-corrected chi connectivity index (χ1v) is 11.3. The highest BCUT2D eigenvalue weighted by Crippen LogP contribution is 2.32. The predicted octanol–water partition coefficient (Wildman–Crippen LogP) is 1.03. The van der Waals surface area contributed by atoms with Gasteiger partial charge in [0.1, 0.15) is 11.9 Å². The number of hydrazine groups is 1. The van der Waals surface area contributed by atoms with Gasteiger partial charge in [-0.15, -0.1) is 0 Å². The number of halogens is 3. The Hall–Kier alpha value is -3.35. The summed E-state index contributed by atoms with van der Waals surface area (Å²) in [4.78, 5) is 43.6. The Labute approximate surface area is 199 Å². The zero-order chi connectivity index (χ0) is 25.5. The Morgan fingerprint density at radius 3 is 2.57 bits per heavy atom. The molecule has 1 aliphatic carbocycles. The summed E-state index contributed by atoms with van der Waals surface area (Å²) in [6.07, 6.45) is -2.78. The highest BCUT2D eigenvalue weighted by Gasteiger charge is 2.52. The first-order valence-electron chi connectivity index (χ1n) is 11.3. The fourth-order valence-electron chi connectivity index (χ4n) is 4.13. The van der Waals surface area contributed by atoms with Gasteiger partial charge in [-0.05, 0) is 30.4 Å². The second kappa shape index (κ2) is 9.36. The van der Waals surface area contributed by atoms with E-state index in [4.69, 9.17) is 0 Å². The normalized spacial score (nSPS) is 22.5. The number of pyridine rings is 1. The van der Waals surface area contributed by atoms with Crippen molar-refractivity contribution in [2.75, 3.05) is 13.1 Å². The summed E-state index contributed by atoms with van der Waals surface area (Å²) in [6, 6.07) is 2.04. The first kappa shape index (κ1) is 24.8. The number of aliphatic hydroxyl groups is 1. The van der Waals surface area contributed by atoms with E-state index < -0.39 is 47.6 Å². The number of aromatic nitrogens is 1. The SMILES string of the molecule is CC(C)CN1C(O)=C(C(=O)NC2CC2)C(=O)N2NCC(C(=O)NCc3ccc(C(F)(F)F)nc3)C12. The fraction of sp³-hybridized carbons (Fsp3) is 0.545. The Balaban J connectivity index is 1.51. The van der Waals surface area contributed by atoms with Crippen molar-refractivity contribution in [1.82, 2.24) is 31.0 Å². The average Bonchev–Trinajstić information content (AvgIpc) is 3.48. The molecule has 3 aliphatic rings. The van der Waals surface area contributed by atoms with Gasteiger partial charge in [0.25, 0.3) is 11.8 Å². The molecule has 1 aromatic heterocycles. The highest BCUT2D eigenvalue weighted by atomic mass is 19.4. The molecule has 2 atom stereocenters. The molecule has 3 amide bonds. The quantitative estimate of drug-likeness (QED) is 0.415. The van der Waals surface area contributed by atoms with Gasteiger partial charge in [0.15, 0.2) is 5.57 Å². The van der Waals surface area contributed by atoms with Gasteiger partial charge in [-0.2, -0.15) is 13.2 Å². The van der Waals surface area contributed by atoms with Crippen molar-refractivity contribution in [2.45, 2.75) is 51.6 Å². The Kier molecular flexibility index (Phi) is 6.62. The lowest BCUT2D eigenvalue weighted by Crippen LogP contribution is -2.60. The van der Waals surface area contributed by atoms with Crippen LogP contribution in [-0.2, 0) is 27.1 Å². The molecule has 1 saturated heterocycles. The van der Waals surface area contributed by atoms with Crippen molar-refractivity contribution in [3.05, 3.63) is 41.0 Å². The van der Waals surface area contributed by atoms with Crippen molar-refractivity contribution >= 4 is 17.7 Å². The number of nitrogens with zero attached hydrogens (tertiary/aromatic N) is 3. The monoisotopic (exact) mass is 496 g/mol. The molecule has 190 valence electrons. The molecule has 35 heavy (non-hydrogen) atoms. The largest absolute Gasteiger partial charge is 0.494 e. The number of hydrogen-bond donors (Lipinski definition) is 4. The first-order chi connectivity index (χ1) is 16.5. The van der Waals surface area contributed by atoms with Gasteiger partial charge in [-0.25, -0.2) is 10.4 Å². The molecule has 0 bridgehead atoms. The van der Waals surface area contributed by atoms with Crippen LogP contribution in [0.4, 0.5) is 13.2 Å². The lowest BCUT2D eigenvalue weighted by molar-refractivity contribution is -0.144. The molecule has 2 fully saturated rings. The molecule has 4 N–H and O–H groups in total. The molecular formula is C22H27F3N6O4. The Morgan fingerprint density at radius 2 is 2.00 bits per heavy atom. The maximum absolute atomic E-state index is 13.1. The molecule has 13 heteroatoms. The Bertz CT molecular complexity index is 1040. The average molecular weight is 496 g/mol. The maximum atomic E-state index is 13.1. The fourth-order valence-corrected chi connectivity index (χ4v) is 4.13. The minimum absolute atomic E-state index is 0.0170. The summed E-state index contributed by atoms with van der Waals surface area (Å²) < 4.78 is 38.1. The van der Waals surface area contributed by atoms with Crippen molar-refractivity contribution in [3.8, 4) is 0 Å². The molecule has 4 rings (SSSR count). The van der Waals surface area contributed by atoms with Gasteiger partial charge in [0.2, 0.25) is 11.8 Å². The minimum Gasteiger partial charge on any atom is -0.494 e. The number of carbonyl (C=O) groups excluding carboxylic acids is 3. The standard InChI is InChI=1S/C22H27F3N6O4/c1-11(2)10-30-19-14(17(32)27-8-12-3-6-15(26-7-12)22(23,24)25)9-28-31(19)21(35)16(20(30)34)18(33)29-13-4-5-13/h3,6-7,11,13-14,19,28,34H,4-5,8-10H2,1-2H3,(H,27,32)(H,29,33). The highest BCUT2D eigenvalue weighted by molar-refractivity contribution is 6.19. The molecule has 2 aliphatic heterocycles. The van der Waals surface area contributed by atoms with E-state index in [1.165, 1.54) is 16.0 Å². The van der Waals surface area contributed by atoms with Gasteiger partial charge in [-0.1, -0.05) is 19.9 Å². The van der Waals surface area contributed by atoms with Crippen molar-refractivity contribution in [3.63, 3.8) is 0 Å². The van der Waals surface area contributed by atoms with Crippen LogP contribution >= 0.6 is 0 Å². The van der Waals surface area contributed by atoms with Crippen molar-refractivity contribution in [1.29, 1.82) is 0 Å². The number of fused-ring (bicyclic) bond motifs is 1. The summed E-state index contributed by atoms with van der Waals surface area (Å²) in [5.74, 6) is -3.11. The number of nitrogens with one attached hydrogen (secondary N) is 3. The van der Waals surface area contributed by atoms with Gasteiger partial charge in [0.05, 0.1) is 5.92 Å². The lowest BCUT2D eigenvalue weighted by atomic mass is 10.0. The summed E-state index contributed by atoms with van der Waals surface area (Å²) in [5.41, 5.74) is 1.82. The number of amides is 3. The molecule has 1 saturated carbocycles. The summed E-state index contributed by atoms with van der Waals surface area (Å²) >= 11 is 0. The van der Waals surface area contributed by atoms with Crippen LogP contribution < -0.4 is 16.1 Å². The zero-order valence-electron chi connectivity index (χ0n) is 19.2. The van der Waals surface area contributed by atoms with E-state index in [2.05, 4.69) is 21.0 Å². The van der Waals surface area contributed by atoms with Crippen LogP contribution in [0.2, 0.25) is 0 Å². The van der Waals surface area contributed by atoms with Crippen LogP contribution in [0.1, 0.15) is 37.9 Å². The number of alkyl halides is 3. The molecule has 2 unspecified atom stereocenters. The second-order valence-corrected chi connectivity index (χ2v) is 9.32. The van der Waals surface area contributed by atoms with E-state index >= 15 is 0 Å². The second-order valence-electron chi connectivity index (χ2n) is 9.32. The smallest absolute Gasteiger partial charge is 0.433 e. The third-order valence-corrected chi connectivity index (χ3v) is 5.97. The van der Waals surface area contributed by atoms with E-state index in [1.54, 1.807) is 0 Å². The maximum Gasteiger partial charge on any atom is 0.433 e. The van der Waals surface area contributed by atoms with Crippen LogP contribution in [0.3, 0.4) is 0 Å². The van der Waals surface area contributed by atoms with Gasteiger partial charge in [0, 0.05) is 31.9 Å². The van der Waals surface area contributed by atoms with E-state index in [0.717, 1.165) is 25.1 Å². The van der Waals surface area contributed by atoms with Crippen LogP contribution in [0, 0.1) is 11.8 Å². The molecule has 3 heterocycles. The van der Waals surface area contributed by atoms with Crippen LogP contribution in [0.15, 0.2) is 29.8 Å². The zero-order valence-corrected chi connectivity index (χ0v) is 19.2. The van der Waals surface area contributed by atoms with Gasteiger partial charge >= 0.3 is 6.18 Å². The molecule has 0 radical (unpaired) electrons. The topological polar surface area (TPSA) is 127 Å². The molecule has 10 nitrogen and oxygen atoms in total. The van der Waals surface area contributed by atoms with Crippen LogP contribution in [0.5, 0.6) is 0 Å². The van der Waals surface area contributed by atoms with E-state index in [-0.39, 0.29) is 37.2 Å². The molecule has 0 spiro atoms. The lowest BCUT2D eigenvalue weighted by Gasteiger charge is -2.42. The number of carbonyl (C=O) groups is 3. The Morgan fingerprint density at radius 1 is 1.29 bits per heavy atom. The van der Waals surface area contributed by atoms with E-state index in [9.17, 15) is 32.7 Å². The number of aliphatic hydroxyl groups excluding tert-OH is 1. The third kappa shape index (κ3) is 5.19. The summed E-state index contributed by atoms with van der Waals surface area (Å²) in [5, 5.41) is 17.5. The summed E-state index contributed by atoms with van der Waals surface area (Å²) in [6.45, 7) is 4.06. The van der Waals surface area contributed by atoms with Crippen LogP contribution in [0.25, 0.3) is 0 Å². The minimum atomic E-state index is -4.56. The van der Waals surface area contributed by atoms with Crippen LogP contribution in [-0.4, -0.2) is 63.0 Å². The predicted molar refractivity (Wildman–Crippen MR) is 116 cm³/mol. The van der Waals surface area contributed by atoms with E-state index in [0.29, 0.717) is 5.56 Å². The van der Waals surface area contributed by atoms with E-state index in [1.807, 2.05) is 13.8 Å². The number of rotatable bonds is 7. The number of hydrogen-bond acceptors (Lipinski definition) is 7. The molecular weight excluding hydrogens is 469 g/mol. The van der Waals surface area contributed by atoms with Crippen molar-refractivity contribution in [2.24, 2.45) is 11.8 Å². The third-order valence-electron chi connectivity index (χ3n) is 5.97. The summed E-state index contributed by atoms with van der Waals surface area (Å²) in [7, 11) is 0. The molecule has 0 aromatic carbocycles. The van der Waals surface area contributed by atoms with Gasteiger partial charge < -0.3 is 20.6 Å².